The highest BCUT2D eigenvalue weighted by Gasteiger charge is 2.29. The lowest BCUT2D eigenvalue weighted by Crippen LogP contribution is -2.23. The van der Waals surface area contributed by atoms with E-state index in [1.54, 1.807) is 12.3 Å². The highest BCUT2D eigenvalue weighted by molar-refractivity contribution is 5.86. The fraction of sp³-hybridized carbons (Fsp3) is 0.300. The van der Waals surface area contributed by atoms with Crippen molar-refractivity contribution in [2.75, 3.05) is 24.7 Å². The third-order valence-electron chi connectivity index (χ3n) is 4.96. The van der Waals surface area contributed by atoms with Crippen LogP contribution in [0.1, 0.15) is 34.9 Å². The quantitative estimate of drug-likeness (QED) is 0.696. The second kappa shape index (κ2) is 7.46. The number of nitrogens with zero attached hydrogens (tertiary/aromatic N) is 3. The molecule has 1 fully saturated rings. The van der Waals surface area contributed by atoms with Gasteiger partial charge >= 0.3 is 5.97 Å². The maximum Gasteiger partial charge on any atom is 0.354 e. The van der Waals surface area contributed by atoms with E-state index in [0.29, 0.717) is 17.0 Å². The predicted octanol–water partition coefficient (Wildman–Crippen LogP) is 3.86. The molecule has 3 aromatic rings. The molecule has 1 saturated heterocycles. The normalized spacial score (nSPS) is 16.6. The van der Waals surface area contributed by atoms with E-state index in [2.05, 4.69) is 9.88 Å². The molecule has 1 unspecified atom stereocenters. The first-order valence-electron chi connectivity index (χ1n) is 9.04. The van der Waals surface area contributed by atoms with Crippen LogP contribution in [-0.2, 0) is 0 Å². The summed E-state index contributed by atoms with van der Waals surface area (Å²) in [5.41, 5.74) is 2.08. The Kier molecular flexibility index (Phi) is 4.85. The first kappa shape index (κ1) is 18.2. The Labute approximate surface area is 160 Å². The molecule has 0 amide bonds. The van der Waals surface area contributed by atoms with E-state index >= 15 is 0 Å². The molecule has 28 heavy (non-hydrogen) atoms. The second-order valence-electron chi connectivity index (χ2n) is 6.64. The summed E-state index contributed by atoms with van der Waals surface area (Å²) in [5, 5.41) is 9.34. The number of aromatic carboxylic acids is 1. The molecular formula is C20H19F2N3O3. The molecule has 1 N–H and O–H groups in total. The van der Waals surface area contributed by atoms with Crippen LogP contribution in [0.4, 0.5) is 14.5 Å². The van der Waals surface area contributed by atoms with Gasteiger partial charge in [0.2, 0.25) is 0 Å². The Morgan fingerprint density at radius 3 is 2.96 bits per heavy atom. The molecule has 0 aliphatic carbocycles. The molecule has 8 heteroatoms. The van der Waals surface area contributed by atoms with Crippen molar-refractivity contribution in [3.05, 3.63) is 59.8 Å². The van der Waals surface area contributed by atoms with Gasteiger partial charge in [0.1, 0.15) is 30.5 Å². The first-order valence-corrected chi connectivity index (χ1v) is 9.04. The van der Waals surface area contributed by atoms with Gasteiger partial charge in [-0.1, -0.05) is 0 Å². The van der Waals surface area contributed by atoms with E-state index < -0.39 is 12.6 Å². The van der Waals surface area contributed by atoms with Gasteiger partial charge < -0.3 is 14.7 Å². The zero-order chi connectivity index (χ0) is 19.7. The highest BCUT2D eigenvalue weighted by Crippen LogP contribution is 2.40. The van der Waals surface area contributed by atoms with Gasteiger partial charge in [-0.25, -0.2) is 18.6 Å². The van der Waals surface area contributed by atoms with E-state index in [-0.39, 0.29) is 24.2 Å². The van der Waals surface area contributed by atoms with Gasteiger partial charge in [-0.15, -0.1) is 0 Å². The smallest absolute Gasteiger partial charge is 0.354 e. The lowest BCUT2D eigenvalue weighted by Gasteiger charge is -2.28. The number of halogens is 2. The number of hydrogen-bond donors (Lipinski definition) is 1. The zero-order valence-electron chi connectivity index (χ0n) is 15.0. The average molecular weight is 387 g/mol. The number of carbonyl (C=O) groups is 1. The van der Waals surface area contributed by atoms with Crippen molar-refractivity contribution in [3.63, 3.8) is 0 Å². The summed E-state index contributed by atoms with van der Waals surface area (Å²) in [7, 11) is 0. The first-order chi connectivity index (χ1) is 13.6. The molecule has 0 saturated carbocycles. The van der Waals surface area contributed by atoms with Gasteiger partial charge in [0.15, 0.2) is 5.69 Å². The van der Waals surface area contributed by atoms with Crippen molar-refractivity contribution in [2.24, 2.45) is 0 Å². The molecule has 6 nitrogen and oxygen atoms in total. The van der Waals surface area contributed by atoms with Crippen LogP contribution >= 0.6 is 0 Å². The van der Waals surface area contributed by atoms with Gasteiger partial charge in [0, 0.05) is 18.3 Å². The molecule has 0 radical (unpaired) electrons. The van der Waals surface area contributed by atoms with Crippen LogP contribution < -0.4 is 9.64 Å². The summed E-state index contributed by atoms with van der Waals surface area (Å²) in [6, 6.07) is 7.72. The van der Waals surface area contributed by atoms with E-state index in [1.165, 1.54) is 28.8 Å². The van der Waals surface area contributed by atoms with Crippen LogP contribution in [-0.4, -0.2) is 40.3 Å². The maximum absolute atomic E-state index is 13.9. The van der Waals surface area contributed by atoms with Crippen molar-refractivity contribution in [1.29, 1.82) is 0 Å². The van der Waals surface area contributed by atoms with E-state index in [0.717, 1.165) is 25.1 Å². The van der Waals surface area contributed by atoms with Gasteiger partial charge in [-0.2, -0.15) is 0 Å². The number of benzene rings is 1. The van der Waals surface area contributed by atoms with Crippen molar-refractivity contribution >= 4 is 17.3 Å². The number of rotatable bonds is 6. The van der Waals surface area contributed by atoms with E-state index in [1.807, 2.05) is 6.07 Å². The molecule has 0 bridgehead atoms. The monoisotopic (exact) mass is 387 g/mol. The Morgan fingerprint density at radius 2 is 2.18 bits per heavy atom. The number of fused-ring (bicyclic) bond motifs is 1. The van der Waals surface area contributed by atoms with Gasteiger partial charge in [0.05, 0.1) is 17.9 Å². The van der Waals surface area contributed by atoms with Gasteiger partial charge in [-0.05, 0) is 43.2 Å². The third-order valence-corrected chi connectivity index (χ3v) is 4.96. The Hall–Kier alpha value is -3.16. The van der Waals surface area contributed by atoms with Crippen LogP contribution in [0.2, 0.25) is 0 Å². The predicted molar refractivity (Wildman–Crippen MR) is 99.3 cm³/mol. The number of aromatic nitrogens is 2. The van der Waals surface area contributed by atoms with Crippen molar-refractivity contribution in [3.8, 4) is 5.75 Å². The largest absolute Gasteiger partial charge is 0.490 e. The Balaban J connectivity index is 1.73. The summed E-state index contributed by atoms with van der Waals surface area (Å²) < 4.78 is 33.5. The summed E-state index contributed by atoms with van der Waals surface area (Å²) in [5.74, 6) is -0.979. The van der Waals surface area contributed by atoms with Crippen molar-refractivity contribution < 1.29 is 23.4 Å². The number of carboxylic acids is 1. The number of pyridine rings is 1. The minimum absolute atomic E-state index is 0.0744. The molecule has 2 aromatic heterocycles. The summed E-state index contributed by atoms with van der Waals surface area (Å²) in [6.45, 7) is 0.0150. The fourth-order valence-electron chi connectivity index (χ4n) is 3.76. The fourth-order valence-corrected chi connectivity index (χ4v) is 3.76. The molecule has 146 valence electrons. The zero-order valence-corrected chi connectivity index (χ0v) is 15.0. The lowest BCUT2D eigenvalue weighted by atomic mass is 10.0. The second-order valence-corrected chi connectivity index (χ2v) is 6.64. The number of ether oxygens (including phenoxy) is 1. The number of imidazole rings is 1. The Morgan fingerprint density at radius 1 is 1.32 bits per heavy atom. The number of hydrogen-bond acceptors (Lipinski definition) is 4. The van der Waals surface area contributed by atoms with Gasteiger partial charge in [-0.3, -0.25) is 4.40 Å². The number of anilines is 1. The van der Waals surface area contributed by atoms with Crippen LogP contribution in [0.3, 0.4) is 0 Å². The molecule has 0 spiro atoms. The van der Waals surface area contributed by atoms with Gasteiger partial charge in [0.25, 0.3) is 0 Å². The molecule has 1 aromatic carbocycles. The third kappa shape index (κ3) is 3.26. The maximum atomic E-state index is 13.9. The molecular weight excluding hydrogens is 368 g/mol. The van der Waals surface area contributed by atoms with Crippen LogP contribution in [0, 0.1) is 5.82 Å². The van der Waals surface area contributed by atoms with Crippen LogP contribution in [0.15, 0.2) is 42.7 Å². The molecule has 1 atom stereocenters. The summed E-state index contributed by atoms with van der Waals surface area (Å²) in [6.07, 6.45) is 4.71. The molecule has 3 heterocycles. The SMILES string of the molecule is O=C(O)c1cnc2ccc(N3CCCC3c3cc(F)ccc3OCCF)cn12. The highest BCUT2D eigenvalue weighted by atomic mass is 19.1. The van der Waals surface area contributed by atoms with E-state index in [9.17, 15) is 18.7 Å². The molecule has 1 aliphatic heterocycles. The average Bonchev–Trinajstić information content (AvgIpc) is 3.33. The van der Waals surface area contributed by atoms with Crippen LogP contribution in [0.5, 0.6) is 5.75 Å². The van der Waals surface area contributed by atoms with E-state index in [4.69, 9.17) is 4.74 Å². The topological polar surface area (TPSA) is 67.1 Å². The number of carboxylic acid groups (broad SMARTS) is 1. The summed E-state index contributed by atoms with van der Waals surface area (Å²) >= 11 is 0. The Bertz CT molecular complexity index is 1020. The van der Waals surface area contributed by atoms with Crippen molar-refractivity contribution in [1.82, 2.24) is 9.38 Å². The minimum Gasteiger partial charge on any atom is -0.490 e. The lowest BCUT2D eigenvalue weighted by molar-refractivity contribution is 0.0689. The minimum atomic E-state index is -1.06. The van der Waals surface area contributed by atoms with Crippen molar-refractivity contribution in [2.45, 2.75) is 18.9 Å². The standard InChI is InChI=1S/C20H19F2N3O3/c21-7-9-28-18-5-3-13(22)10-15(18)16-2-1-8-24(16)14-4-6-19-23-11-17(20(26)27)25(19)12-14/h3-6,10-12,16H,1-2,7-9H2,(H,26,27). The molecule has 4 rings (SSSR count). The summed E-state index contributed by atoms with van der Waals surface area (Å²) in [4.78, 5) is 17.6. The molecule has 1 aliphatic rings. The van der Waals surface area contributed by atoms with Crippen LogP contribution in [0.25, 0.3) is 5.65 Å². The number of alkyl halides is 1.